The summed E-state index contributed by atoms with van der Waals surface area (Å²) in [5.74, 6) is 0. The van der Waals surface area contributed by atoms with E-state index in [-0.39, 0.29) is 5.41 Å². The lowest BCUT2D eigenvalue weighted by Gasteiger charge is -2.18. The molecule has 0 atom stereocenters. The van der Waals surface area contributed by atoms with Crippen LogP contribution in [0.2, 0.25) is 0 Å². The van der Waals surface area contributed by atoms with Crippen molar-refractivity contribution in [2.45, 2.75) is 20.8 Å². The fraction of sp³-hybridized carbons (Fsp3) is 0.444. The molecular formula is C9H12. The van der Waals surface area contributed by atoms with E-state index in [2.05, 4.69) is 33.3 Å². The lowest BCUT2D eigenvalue weighted by Crippen LogP contribution is -2.07. The molecule has 2 radical (unpaired) electrons. The average molecular weight is 120 g/mol. The smallest absolute Gasteiger partial charge is 0.0384 e. The van der Waals surface area contributed by atoms with E-state index in [1.807, 2.05) is 12.2 Å². The van der Waals surface area contributed by atoms with Gasteiger partial charge in [-0.15, -0.1) is 0 Å². The van der Waals surface area contributed by atoms with Crippen LogP contribution < -0.4 is 0 Å². The van der Waals surface area contributed by atoms with E-state index >= 15 is 0 Å². The van der Waals surface area contributed by atoms with E-state index in [0.29, 0.717) is 0 Å². The van der Waals surface area contributed by atoms with Gasteiger partial charge in [-0.2, -0.15) is 0 Å². The zero-order valence-corrected chi connectivity index (χ0v) is 6.23. The monoisotopic (exact) mass is 120 g/mol. The Morgan fingerprint density at radius 2 is 2.00 bits per heavy atom. The van der Waals surface area contributed by atoms with Crippen LogP contribution in [0.5, 0.6) is 0 Å². The topological polar surface area (TPSA) is 0 Å². The minimum absolute atomic E-state index is 0.267. The molecule has 0 aromatic carbocycles. The van der Waals surface area contributed by atoms with Crippen LogP contribution in [0.3, 0.4) is 0 Å². The highest BCUT2D eigenvalue weighted by Gasteiger charge is 2.16. The van der Waals surface area contributed by atoms with E-state index in [0.717, 1.165) is 0 Å². The quantitative estimate of drug-likeness (QED) is 0.461. The molecule has 48 valence electrons. The first kappa shape index (κ1) is 6.60. The van der Waals surface area contributed by atoms with Crippen molar-refractivity contribution >= 4 is 0 Å². The minimum atomic E-state index is 0.267. The van der Waals surface area contributed by atoms with Gasteiger partial charge in [-0.3, -0.25) is 0 Å². The molecule has 0 aliphatic heterocycles. The summed E-state index contributed by atoms with van der Waals surface area (Å²) in [4.78, 5) is 0. The van der Waals surface area contributed by atoms with Crippen molar-refractivity contribution in [3.8, 4) is 0 Å². The molecule has 0 bridgehead atoms. The molecule has 0 aromatic heterocycles. The molecule has 0 unspecified atom stereocenters. The highest BCUT2D eigenvalue weighted by Crippen LogP contribution is 2.29. The second kappa shape index (κ2) is 2.02. The summed E-state index contributed by atoms with van der Waals surface area (Å²) >= 11 is 0. The van der Waals surface area contributed by atoms with Crippen molar-refractivity contribution in [1.82, 2.24) is 0 Å². The summed E-state index contributed by atoms with van der Waals surface area (Å²) in [6, 6.07) is 0. The number of rotatable bonds is 0. The van der Waals surface area contributed by atoms with Gasteiger partial charge in [0, 0.05) is 6.42 Å². The van der Waals surface area contributed by atoms with Crippen LogP contribution >= 0.6 is 0 Å². The van der Waals surface area contributed by atoms with Crippen LogP contribution in [0.25, 0.3) is 0 Å². The molecule has 0 nitrogen and oxygen atoms in total. The summed E-state index contributed by atoms with van der Waals surface area (Å²) in [7, 11) is 0. The molecule has 0 amide bonds. The summed E-state index contributed by atoms with van der Waals surface area (Å²) in [5, 5.41) is 0. The maximum absolute atomic E-state index is 3.18. The highest BCUT2D eigenvalue weighted by molar-refractivity contribution is 5.37. The van der Waals surface area contributed by atoms with Crippen molar-refractivity contribution in [3.63, 3.8) is 0 Å². The molecule has 0 saturated heterocycles. The van der Waals surface area contributed by atoms with Crippen molar-refractivity contribution in [2.75, 3.05) is 0 Å². The summed E-state index contributed by atoms with van der Waals surface area (Å²) < 4.78 is 0. The van der Waals surface area contributed by atoms with Gasteiger partial charge in [0.2, 0.25) is 0 Å². The molecule has 9 heavy (non-hydrogen) atoms. The van der Waals surface area contributed by atoms with Gasteiger partial charge in [-0.25, -0.2) is 0 Å². The Bertz CT molecular complexity index is 153. The Hall–Kier alpha value is -0.520. The Labute approximate surface area is 57.3 Å². The summed E-state index contributed by atoms with van der Waals surface area (Å²) in [6.07, 6.45) is 9.28. The molecule has 0 heteroatoms. The first-order valence-corrected chi connectivity index (χ1v) is 3.24. The maximum atomic E-state index is 3.18. The van der Waals surface area contributed by atoms with E-state index in [1.165, 1.54) is 5.57 Å². The van der Waals surface area contributed by atoms with Gasteiger partial charge in [0.25, 0.3) is 0 Å². The molecule has 0 saturated carbocycles. The molecule has 1 rings (SSSR count). The third-order valence-electron chi connectivity index (χ3n) is 1.41. The third-order valence-corrected chi connectivity index (χ3v) is 1.41. The Balaban J connectivity index is 2.66. The Kier molecular flexibility index (Phi) is 1.48. The Morgan fingerprint density at radius 3 is 2.22 bits per heavy atom. The molecule has 1 aliphatic rings. The molecular weight excluding hydrogens is 108 g/mol. The molecule has 0 fully saturated rings. The second-order valence-corrected chi connectivity index (χ2v) is 3.33. The fourth-order valence-corrected chi connectivity index (χ4v) is 0.797. The predicted octanol–water partition coefficient (Wildman–Crippen LogP) is 2.61. The second-order valence-electron chi connectivity index (χ2n) is 3.33. The van der Waals surface area contributed by atoms with Crippen LogP contribution in [0, 0.1) is 11.8 Å². The van der Waals surface area contributed by atoms with E-state index < -0.39 is 0 Å². The number of hydrogen-bond acceptors (Lipinski definition) is 0. The third kappa shape index (κ3) is 1.44. The number of hydrogen-bond donors (Lipinski definition) is 0. The van der Waals surface area contributed by atoms with Gasteiger partial charge >= 0.3 is 0 Å². The molecule has 1 aliphatic carbocycles. The van der Waals surface area contributed by atoms with E-state index in [9.17, 15) is 0 Å². The van der Waals surface area contributed by atoms with Crippen LogP contribution in [-0.4, -0.2) is 0 Å². The largest absolute Gasteiger partial charge is 0.0718 e. The standard InChI is InChI=1S/C9H12/c1-9(2,3)8-6-4-5-7-8/h4-6H,1-3H3. The van der Waals surface area contributed by atoms with Crippen LogP contribution in [-0.2, 0) is 0 Å². The average Bonchev–Trinajstić information content (AvgIpc) is 2.08. The zero-order chi connectivity index (χ0) is 6.91. The lowest BCUT2D eigenvalue weighted by atomic mass is 9.86. The van der Waals surface area contributed by atoms with Gasteiger partial charge in [-0.1, -0.05) is 44.6 Å². The van der Waals surface area contributed by atoms with Gasteiger partial charge in [0.15, 0.2) is 0 Å². The highest BCUT2D eigenvalue weighted by atomic mass is 14.2. The SMILES string of the molecule is CC(C)(C)C1=CC=C[C]1. The fourth-order valence-electron chi connectivity index (χ4n) is 0.797. The minimum Gasteiger partial charge on any atom is -0.0718 e. The number of allylic oxidation sites excluding steroid dienone is 4. The van der Waals surface area contributed by atoms with Gasteiger partial charge in [-0.05, 0) is 5.41 Å². The maximum Gasteiger partial charge on any atom is 0.0384 e. The molecule has 0 heterocycles. The van der Waals surface area contributed by atoms with Crippen molar-refractivity contribution < 1.29 is 0 Å². The predicted molar refractivity (Wildman–Crippen MR) is 39.9 cm³/mol. The molecule has 0 aromatic rings. The Morgan fingerprint density at radius 1 is 1.33 bits per heavy atom. The van der Waals surface area contributed by atoms with Crippen molar-refractivity contribution in [1.29, 1.82) is 0 Å². The van der Waals surface area contributed by atoms with Crippen LogP contribution in [0.4, 0.5) is 0 Å². The van der Waals surface area contributed by atoms with Crippen molar-refractivity contribution in [2.24, 2.45) is 5.41 Å². The van der Waals surface area contributed by atoms with Crippen LogP contribution in [0.15, 0.2) is 23.8 Å². The van der Waals surface area contributed by atoms with Gasteiger partial charge < -0.3 is 0 Å². The van der Waals surface area contributed by atoms with Gasteiger partial charge in [0.1, 0.15) is 0 Å². The van der Waals surface area contributed by atoms with E-state index in [4.69, 9.17) is 0 Å². The zero-order valence-electron chi connectivity index (χ0n) is 6.23. The first-order valence-electron chi connectivity index (χ1n) is 3.24. The van der Waals surface area contributed by atoms with Crippen LogP contribution in [0.1, 0.15) is 20.8 Å². The molecule has 0 spiro atoms. The molecule has 0 N–H and O–H groups in total. The van der Waals surface area contributed by atoms with E-state index in [1.54, 1.807) is 0 Å². The normalized spacial score (nSPS) is 18.3. The summed E-state index contributed by atoms with van der Waals surface area (Å²) in [5.41, 5.74) is 1.56. The van der Waals surface area contributed by atoms with Gasteiger partial charge in [0.05, 0.1) is 0 Å². The first-order chi connectivity index (χ1) is 4.11. The van der Waals surface area contributed by atoms with Crippen molar-refractivity contribution in [3.05, 3.63) is 30.2 Å². The summed E-state index contributed by atoms with van der Waals surface area (Å²) in [6.45, 7) is 6.58. The lowest BCUT2D eigenvalue weighted by molar-refractivity contribution is 0.513.